The number of carbonyl (C=O) groups is 2. The van der Waals surface area contributed by atoms with Crippen LogP contribution >= 0.6 is 11.6 Å². The summed E-state index contributed by atoms with van der Waals surface area (Å²) in [6.45, 7) is 1.27. The Morgan fingerprint density at radius 3 is 2.75 bits per heavy atom. The van der Waals surface area contributed by atoms with Crippen LogP contribution in [-0.4, -0.2) is 40.4 Å². The largest absolute Gasteiger partial charge is 0.495 e. The summed E-state index contributed by atoms with van der Waals surface area (Å²) in [7, 11) is 1.40. The number of halogens is 4. The van der Waals surface area contributed by atoms with Crippen LogP contribution < -0.4 is 15.4 Å². The summed E-state index contributed by atoms with van der Waals surface area (Å²) >= 11 is 5.95. The van der Waals surface area contributed by atoms with Gasteiger partial charge < -0.3 is 20.5 Å². The van der Waals surface area contributed by atoms with Gasteiger partial charge in [0, 0.05) is 11.6 Å². The first-order valence-corrected chi connectivity index (χ1v) is 10.2. The fourth-order valence-electron chi connectivity index (χ4n) is 3.87. The summed E-state index contributed by atoms with van der Waals surface area (Å²) in [5.74, 6) is -2.52. The lowest BCUT2D eigenvalue weighted by atomic mass is 9.84. The number of hydrogen-bond acceptors (Lipinski definition) is 5. The molecule has 0 radical (unpaired) electrons. The molecular weight excluding hydrogens is 453 g/mol. The van der Waals surface area contributed by atoms with Gasteiger partial charge in [0.05, 0.1) is 30.1 Å². The number of benzene rings is 1. The molecule has 8 nitrogen and oxygen atoms in total. The number of fused-ring (bicyclic) bond motifs is 1. The maximum atomic E-state index is 13.5. The first-order chi connectivity index (χ1) is 15.0. The summed E-state index contributed by atoms with van der Waals surface area (Å²) in [5, 5.41) is 18.7. The third-order valence-corrected chi connectivity index (χ3v) is 5.61. The molecule has 0 saturated heterocycles. The number of nitrogens with one attached hydrogen (secondary N) is 2. The molecule has 2 aromatic rings. The summed E-state index contributed by atoms with van der Waals surface area (Å²) in [6.07, 6.45) is -4.37. The van der Waals surface area contributed by atoms with E-state index >= 15 is 0 Å². The van der Waals surface area contributed by atoms with E-state index in [2.05, 4.69) is 15.7 Å². The number of rotatable bonds is 7. The number of alkyl halides is 3. The second kappa shape index (κ2) is 9.27. The second-order valence-electron chi connectivity index (χ2n) is 7.42. The summed E-state index contributed by atoms with van der Waals surface area (Å²) in [5.41, 5.74) is -0.957. The van der Waals surface area contributed by atoms with Crippen molar-refractivity contribution in [2.24, 2.45) is 11.8 Å². The number of hydrogen-bond donors (Lipinski definition) is 3. The van der Waals surface area contributed by atoms with Crippen molar-refractivity contribution in [1.29, 1.82) is 0 Å². The van der Waals surface area contributed by atoms with E-state index in [-0.39, 0.29) is 30.0 Å². The molecule has 0 bridgehead atoms. The highest BCUT2D eigenvalue weighted by Crippen LogP contribution is 2.40. The topological polar surface area (TPSA) is 105 Å². The zero-order valence-electron chi connectivity index (χ0n) is 17.3. The van der Waals surface area contributed by atoms with E-state index in [4.69, 9.17) is 16.3 Å². The molecule has 0 aliphatic carbocycles. The number of anilines is 2. The van der Waals surface area contributed by atoms with Gasteiger partial charge in [-0.25, -0.2) is 0 Å². The van der Waals surface area contributed by atoms with Gasteiger partial charge in [-0.2, -0.15) is 18.3 Å². The number of carboxylic acids is 1. The molecule has 0 saturated carbocycles. The van der Waals surface area contributed by atoms with Crippen LogP contribution in [0.25, 0.3) is 0 Å². The Kier molecular flexibility index (Phi) is 6.87. The number of carboxylic acid groups (broad SMARTS) is 1. The van der Waals surface area contributed by atoms with Crippen LogP contribution in [0.2, 0.25) is 5.02 Å². The van der Waals surface area contributed by atoms with Crippen LogP contribution in [0.1, 0.15) is 24.7 Å². The fraction of sp³-hybridized carbons (Fsp3) is 0.450. The number of carbonyl (C=O) groups excluding carboxylic acids is 1. The van der Waals surface area contributed by atoms with Crippen molar-refractivity contribution in [2.75, 3.05) is 24.3 Å². The minimum atomic E-state index is -4.74. The number of aliphatic carboxylic acids is 1. The number of amides is 1. The smallest absolute Gasteiger partial charge is 0.437 e. The molecule has 2 unspecified atom stereocenters. The van der Waals surface area contributed by atoms with E-state index in [1.165, 1.54) is 13.2 Å². The maximum absolute atomic E-state index is 13.5. The minimum Gasteiger partial charge on any atom is -0.495 e. The van der Waals surface area contributed by atoms with Crippen molar-refractivity contribution in [3.05, 3.63) is 34.6 Å². The van der Waals surface area contributed by atoms with Gasteiger partial charge in [-0.1, -0.05) is 18.5 Å². The average molecular weight is 475 g/mol. The summed E-state index contributed by atoms with van der Waals surface area (Å²) in [4.78, 5) is 24.2. The van der Waals surface area contributed by atoms with Crippen LogP contribution in [0, 0.1) is 11.8 Å². The Hall–Kier alpha value is -2.95. The molecule has 1 aromatic carbocycles. The molecule has 1 amide bonds. The van der Waals surface area contributed by atoms with Crippen molar-refractivity contribution in [3.63, 3.8) is 0 Å². The van der Waals surface area contributed by atoms with E-state index in [0.29, 0.717) is 17.2 Å². The molecule has 0 fully saturated rings. The van der Waals surface area contributed by atoms with Gasteiger partial charge in [0.15, 0.2) is 5.69 Å². The zero-order valence-corrected chi connectivity index (χ0v) is 18.0. The first-order valence-electron chi connectivity index (χ1n) is 9.82. The molecule has 2 atom stereocenters. The van der Waals surface area contributed by atoms with Crippen molar-refractivity contribution < 1.29 is 32.6 Å². The van der Waals surface area contributed by atoms with E-state index < -0.39 is 42.1 Å². The third kappa shape index (κ3) is 4.93. The Bertz CT molecular complexity index is 1030. The van der Waals surface area contributed by atoms with Gasteiger partial charge in [-0.05, 0) is 37.0 Å². The molecular formula is C20H22ClF3N4O4. The number of ether oxygens (including phenoxy) is 1. The predicted molar refractivity (Wildman–Crippen MR) is 111 cm³/mol. The van der Waals surface area contributed by atoms with E-state index in [1.54, 1.807) is 19.1 Å². The Morgan fingerprint density at radius 1 is 1.44 bits per heavy atom. The molecule has 1 aromatic heterocycles. The Balaban J connectivity index is 1.90. The van der Waals surface area contributed by atoms with E-state index in [0.717, 1.165) is 4.68 Å². The summed E-state index contributed by atoms with van der Waals surface area (Å²) < 4.78 is 46.7. The highest BCUT2D eigenvalue weighted by atomic mass is 35.5. The van der Waals surface area contributed by atoms with Crippen LogP contribution in [0.4, 0.5) is 24.5 Å². The first kappa shape index (κ1) is 23.7. The molecule has 3 rings (SSSR count). The lowest BCUT2D eigenvalue weighted by molar-refractivity contribution is -0.144. The van der Waals surface area contributed by atoms with Gasteiger partial charge in [0.1, 0.15) is 12.3 Å². The molecule has 12 heteroatoms. The normalized spacial score (nSPS) is 16.6. The molecule has 174 valence electrons. The van der Waals surface area contributed by atoms with E-state index in [9.17, 15) is 27.9 Å². The fourth-order valence-corrected chi connectivity index (χ4v) is 4.04. The number of methoxy groups -OCH3 is 1. The number of aromatic nitrogens is 2. The quantitative estimate of drug-likeness (QED) is 0.562. The van der Waals surface area contributed by atoms with Crippen molar-refractivity contribution in [3.8, 4) is 5.75 Å². The molecule has 3 N–H and O–H groups in total. The monoisotopic (exact) mass is 474 g/mol. The predicted octanol–water partition coefficient (Wildman–Crippen LogP) is 3.90. The SMILES string of the molecule is CCC(C(=O)O)C1CNc2c(C(F)(F)F)nn(CC(=O)Nc3cc(Cl)ccc3OC)c2C1. The minimum absolute atomic E-state index is 0.0456. The van der Waals surface area contributed by atoms with Crippen LogP contribution in [0.3, 0.4) is 0 Å². The third-order valence-electron chi connectivity index (χ3n) is 5.38. The van der Waals surface area contributed by atoms with Crippen molar-refractivity contribution in [2.45, 2.75) is 32.5 Å². The summed E-state index contributed by atoms with van der Waals surface area (Å²) in [6, 6.07) is 4.56. The van der Waals surface area contributed by atoms with Crippen molar-refractivity contribution in [1.82, 2.24) is 9.78 Å². The van der Waals surface area contributed by atoms with Crippen LogP contribution in [0.15, 0.2) is 18.2 Å². The lowest BCUT2D eigenvalue weighted by Gasteiger charge is -2.29. The zero-order chi connectivity index (χ0) is 23.6. The molecule has 32 heavy (non-hydrogen) atoms. The van der Waals surface area contributed by atoms with Gasteiger partial charge >= 0.3 is 12.1 Å². The molecule has 1 aliphatic heterocycles. The van der Waals surface area contributed by atoms with Crippen LogP contribution in [0.5, 0.6) is 5.75 Å². The highest BCUT2D eigenvalue weighted by molar-refractivity contribution is 6.31. The van der Waals surface area contributed by atoms with Crippen molar-refractivity contribution >= 4 is 34.9 Å². The molecule has 0 spiro atoms. The van der Waals surface area contributed by atoms with Crippen LogP contribution in [-0.2, 0) is 28.7 Å². The Morgan fingerprint density at radius 2 is 2.16 bits per heavy atom. The molecule has 2 heterocycles. The van der Waals surface area contributed by atoms with E-state index in [1.807, 2.05) is 0 Å². The van der Waals surface area contributed by atoms with Gasteiger partial charge in [0.25, 0.3) is 0 Å². The Labute approximate surface area is 186 Å². The van der Waals surface area contributed by atoms with Gasteiger partial charge in [0.2, 0.25) is 5.91 Å². The maximum Gasteiger partial charge on any atom is 0.437 e. The van der Waals surface area contributed by atoms with Gasteiger partial charge in [-0.3, -0.25) is 14.3 Å². The highest BCUT2D eigenvalue weighted by Gasteiger charge is 2.42. The number of nitrogens with zero attached hydrogens (tertiary/aromatic N) is 2. The van der Waals surface area contributed by atoms with Gasteiger partial charge in [-0.15, -0.1) is 0 Å². The standard InChI is InChI=1S/C20H22ClF3N4O4/c1-3-12(19(30)31)10-6-14-17(25-8-10)18(20(22,23)24)27-28(14)9-16(29)26-13-7-11(21)4-5-15(13)32-2/h4-5,7,10,12,25H,3,6,8-9H2,1-2H3,(H,26,29)(H,30,31). The molecule has 1 aliphatic rings. The second-order valence-corrected chi connectivity index (χ2v) is 7.85. The average Bonchev–Trinajstić information content (AvgIpc) is 3.06. The lowest BCUT2D eigenvalue weighted by Crippen LogP contribution is -2.35.